The van der Waals surface area contributed by atoms with Crippen molar-refractivity contribution in [1.82, 2.24) is 10.2 Å². The van der Waals surface area contributed by atoms with Crippen molar-refractivity contribution in [1.29, 1.82) is 0 Å². The van der Waals surface area contributed by atoms with Crippen molar-refractivity contribution < 1.29 is 0 Å². The van der Waals surface area contributed by atoms with Gasteiger partial charge < -0.3 is 10.2 Å². The molecule has 0 aromatic carbocycles. The van der Waals surface area contributed by atoms with Gasteiger partial charge in [0.15, 0.2) is 0 Å². The summed E-state index contributed by atoms with van der Waals surface area (Å²) in [7, 11) is 5.17. The van der Waals surface area contributed by atoms with Crippen LogP contribution in [0.15, 0.2) is 0 Å². The fourth-order valence-corrected chi connectivity index (χ4v) is 1.41. The van der Waals surface area contributed by atoms with E-state index < -0.39 is 0 Å². The lowest BCUT2D eigenvalue weighted by atomic mass is 10.1. The number of hydrogen-bond donors (Lipinski definition) is 1. The third kappa shape index (κ3) is 2.67. The molecule has 2 nitrogen and oxygen atoms in total. The van der Waals surface area contributed by atoms with Crippen LogP contribution in [0.3, 0.4) is 0 Å². The van der Waals surface area contributed by atoms with Gasteiger partial charge in [-0.3, -0.25) is 0 Å². The SMILES string of the molecule is [CH]NCCN1CCCCC1. The maximum absolute atomic E-state index is 5.17. The summed E-state index contributed by atoms with van der Waals surface area (Å²) in [6.07, 6.45) is 4.14. The molecule has 1 heterocycles. The Morgan fingerprint density at radius 1 is 1.20 bits per heavy atom. The van der Waals surface area contributed by atoms with Gasteiger partial charge in [-0.25, -0.2) is 0 Å². The van der Waals surface area contributed by atoms with Gasteiger partial charge in [-0.15, -0.1) is 0 Å². The molecule has 2 heteroatoms. The van der Waals surface area contributed by atoms with Crippen LogP contribution in [0.5, 0.6) is 0 Å². The lowest BCUT2D eigenvalue weighted by Crippen LogP contribution is -2.34. The fourth-order valence-electron chi connectivity index (χ4n) is 1.41. The quantitative estimate of drug-likeness (QED) is 0.581. The first-order valence-electron chi connectivity index (χ1n) is 4.09. The monoisotopic (exact) mass is 140 g/mol. The predicted molar refractivity (Wildman–Crippen MR) is 42.6 cm³/mol. The summed E-state index contributed by atoms with van der Waals surface area (Å²) in [5.74, 6) is 0. The van der Waals surface area contributed by atoms with Crippen LogP contribution < -0.4 is 5.32 Å². The minimum Gasteiger partial charge on any atom is -0.310 e. The zero-order valence-corrected chi connectivity index (χ0v) is 6.47. The molecular weight excluding hydrogens is 124 g/mol. The third-order valence-electron chi connectivity index (χ3n) is 2.02. The number of nitrogens with zero attached hydrogens (tertiary/aromatic N) is 1. The second-order valence-corrected chi connectivity index (χ2v) is 2.86. The Kier molecular flexibility index (Phi) is 3.76. The highest BCUT2D eigenvalue weighted by Gasteiger charge is 2.07. The van der Waals surface area contributed by atoms with Crippen LogP contribution in [0.1, 0.15) is 19.3 Å². The van der Waals surface area contributed by atoms with E-state index in [2.05, 4.69) is 10.2 Å². The number of rotatable bonds is 3. The lowest BCUT2D eigenvalue weighted by molar-refractivity contribution is 0.231. The van der Waals surface area contributed by atoms with Crippen molar-refractivity contribution in [2.24, 2.45) is 0 Å². The first kappa shape index (κ1) is 8.02. The van der Waals surface area contributed by atoms with Gasteiger partial charge in [-0.1, -0.05) is 6.42 Å². The second kappa shape index (κ2) is 4.69. The second-order valence-electron chi connectivity index (χ2n) is 2.86. The minimum absolute atomic E-state index is 0.917. The Morgan fingerprint density at radius 3 is 2.50 bits per heavy atom. The highest BCUT2D eigenvalue weighted by molar-refractivity contribution is 4.64. The van der Waals surface area contributed by atoms with E-state index >= 15 is 0 Å². The van der Waals surface area contributed by atoms with E-state index in [1.807, 2.05) is 0 Å². The molecule has 2 radical (unpaired) electrons. The molecule has 0 aliphatic carbocycles. The summed E-state index contributed by atoms with van der Waals surface area (Å²) in [5.41, 5.74) is 0. The average Bonchev–Trinajstić information content (AvgIpc) is 2.03. The molecule has 0 saturated carbocycles. The average molecular weight is 140 g/mol. The van der Waals surface area contributed by atoms with Gasteiger partial charge >= 0.3 is 0 Å². The number of hydrogen-bond acceptors (Lipinski definition) is 2. The molecule has 1 aliphatic rings. The topological polar surface area (TPSA) is 15.3 Å². The van der Waals surface area contributed by atoms with E-state index in [9.17, 15) is 0 Å². The van der Waals surface area contributed by atoms with Gasteiger partial charge in [0, 0.05) is 20.1 Å². The Bertz CT molecular complexity index is 77.3. The number of likely N-dealkylation sites (tertiary alicyclic amines) is 1. The van der Waals surface area contributed by atoms with Gasteiger partial charge in [-0.2, -0.15) is 0 Å². The van der Waals surface area contributed by atoms with Crippen molar-refractivity contribution >= 4 is 0 Å². The molecular formula is C8H16N2. The predicted octanol–water partition coefficient (Wildman–Crippen LogP) is 0.730. The highest BCUT2D eigenvalue weighted by atomic mass is 15.1. The van der Waals surface area contributed by atoms with E-state index in [0.717, 1.165) is 13.1 Å². The van der Waals surface area contributed by atoms with Crippen molar-refractivity contribution in [3.63, 3.8) is 0 Å². The largest absolute Gasteiger partial charge is 0.310 e. The van der Waals surface area contributed by atoms with Gasteiger partial charge in [0.25, 0.3) is 0 Å². The normalized spacial score (nSPS) is 21.3. The molecule has 1 N–H and O–H groups in total. The summed E-state index contributed by atoms with van der Waals surface area (Å²) in [4.78, 5) is 2.46. The molecule has 1 aliphatic heterocycles. The van der Waals surface area contributed by atoms with E-state index in [4.69, 9.17) is 7.05 Å². The fraction of sp³-hybridized carbons (Fsp3) is 0.875. The maximum Gasteiger partial charge on any atom is 0.0408 e. The Balaban J connectivity index is 2.02. The first-order valence-corrected chi connectivity index (χ1v) is 4.09. The minimum atomic E-state index is 0.917. The molecule has 1 fully saturated rings. The molecule has 0 spiro atoms. The van der Waals surface area contributed by atoms with Crippen LogP contribution in [-0.2, 0) is 0 Å². The van der Waals surface area contributed by atoms with E-state index in [1.165, 1.54) is 32.4 Å². The van der Waals surface area contributed by atoms with Crippen molar-refractivity contribution in [2.75, 3.05) is 26.2 Å². The summed E-state index contributed by atoms with van der Waals surface area (Å²) in [6.45, 7) is 4.56. The standard InChI is InChI=1S/C8H16N2/c1-9-5-8-10-6-3-2-4-7-10/h1,9H,2-8H2. The summed E-state index contributed by atoms with van der Waals surface area (Å²) < 4.78 is 0. The highest BCUT2D eigenvalue weighted by Crippen LogP contribution is 2.06. The van der Waals surface area contributed by atoms with Gasteiger partial charge in [0.2, 0.25) is 0 Å². The molecule has 0 unspecified atom stereocenters. The number of piperidine rings is 1. The van der Waals surface area contributed by atoms with Gasteiger partial charge in [-0.05, 0) is 25.9 Å². The molecule has 0 aromatic heterocycles. The van der Waals surface area contributed by atoms with Crippen LogP contribution in [0, 0.1) is 7.05 Å². The molecule has 1 rings (SSSR count). The third-order valence-corrected chi connectivity index (χ3v) is 2.02. The molecule has 1 saturated heterocycles. The van der Waals surface area contributed by atoms with Crippen molar-refractivity contribution in [3.05, 3.63) is 7.05 Å². The molecule has 58 valence electrons. The van der Waals surface area contributed by atoms with E-state index in [0.29, 0.717) is 0 Å². The Labute approximate surface area is 63.6 Å². The maximum atomic E-state index is 5.17. The molecule has 0 atom stereocenters. The zero-order valence-electron chi connectivity index (χ0n) is 6.47. The summed E-state index contributed by atoms with van der Waals surface area (Å²) in [5, 5.41) is 2.67. The molecule has 0 amide bonds. The summed E-state index contributed by atoms with van der Waals surface area (Å²) >= 11 is 0. The van der Waals surface area contributed by atoms with Crippen LogP contribution in [0.25, 0.3) is 0 Å². The zero-order chi connectivity index (χ0) is 7.23. The Morgan fingerprint density at radius 2 is 1.90 bits per heavy atom. The molecule has 0 aromatic rings. The van der Waals surface area contributed by atoms with Crippen molar-refractivity contribution in [3.8, 4) is 0 Å². The number of nitrogens with one attached hydrogen (secondary N) is 1. The summed E-state index contributed by atoms with van der Waals surface area (Å²) in [6, 6.07) is 0. The van der Waals surface area contributed by atoms with Crippen LogP contribution in [0.2, 0.25) is 0 Å². The Hall–Kier alpha value is -0.0800. The first-order chi connectivity index (χ1) is 4.93. The van der Waals surface area contributed by atoms with Gasteiger partial charge in [0.1, 0.15) is 0 Å². The van der Waals surface area contributed by atoms with Crippen LogP contribution in [-0.4, -0.2) is 31.1 Å². The van der Waals surface area contributed by atoms with Crippen LogP contribution in [0.4, 0.5) is 0 Å². The van der Waals surface area contributed by atoms with E-state index in [1.54, 1.807) is 0 Å². The molecule has 0 bridgehead atoms. The van der Waals surface area contributed by atoms with Crippen molar-refractivity contribution in [2.45, 2.75) is 19.3 Å². The van der Waals surface area contributed by atoms with E-state index in [-0.39, 0.29) is 0 Å². The van der Waals surface area contributed by atoms with Crippen LogP contribution >= 0.6 is 0 Å². The smallest absolute Gasteiger partial charge is 0.0408 e. The molecule has 10 heavy (non-hydrogen) atoms. The lowest BCUT2D eigenvalue weighted by Gasteiger charge is -2.25. The van der Waals surface area contributed by atoms with Gasteiger partial charge in [0.05, 0.1) is 0 Å².